The highest BCUT2D eigenvalue weighted by Gasteiger charge is 2.27. The number of amidine groups is 2. The highest BCUT2D eigenvalue weighted by molar-refractivity contribution is 6.71. The molecule has 0 saturated carbocycles. The molecular weight excluding hydrogens is 160 g/mol. The summed E-state index contributed by atoms with van der Waals surface area (Å²) in [5.41, 5.74) is 11.1. The molecule has 1 atom stereocenters. The monoisotopic (exact) mass is 166 g/mol. The van der Waals surface area contributed by atoms with Crippen molar-refractivity contribution in [1.82, 2.24) is 5.32 Å². The molecule has 0 radical (unpaired) electrons. The lowest BCUT2D eigenvalue weighted by Gasteiger charge is -2.10. The van der Waals surface area contributed by atoms with Crippen molar-refractivity contribution in [3.05, 3.63) is 0 Å². The molecule has 0 saturated heterocycles. The Morgan fingerprint density at radius 2 is 2.17 bits per heavy atom. The number of nitrogens with one attached hydrogen (secondary N) is 1. The molecule has 0 fully saturated rings. The third-order valence-electron chi connectivity index (χ3n) is 1.44. The van der Waals surface area contributed by atoms with E-state index in [1.165, 1.54) is 0 Å². The number of fused-ring (bicyclic) bond motifs is 1. The molecule has 5 N–H and O–H groups in total. The summed E-state index contributed by atoms with van der Waals surface area (Å²) in [5.74, 6) is 0.450. The number of rotatable bonds is 0. The minimum absolute atomic E-state index is 0.144. The Morgan fingerprint density at radius 1 is 1.42 bits per heavy atom. The van der Waals surface area contributed by atoms with Crippen LogP contribution in [0.15, 0.2) is 15.0 Å². The average molecular weight is 166 g/mol. The third kappa shape index (κ3) is 0.873. The third-order valence-corrected chi connectivity index (χ3v) is 1.44. The quantitative estimate of drug-likeness (QED) is 0.392. The van der Waals surface area contributed by atoms with Gasteiger partial charge in [-0.15, -0.1) is 0 Å². The molecule has 0 spiro atoms. The lowest BCUT2D eigenvalue weighted by Crippen LogP contribution is -2.41. The predicted molar refractivity (Wildman–Crippen MR) is 43.0 cm³/mol. The molecule has 2 rings (SSSR count). The second kappa shape index (κ2) is 2.11. The molecule has 7 heteroatoms. The van der Waals surface area contributed by atoms with Gasteiger partial charge in [0.25, 0.3) is 0 Å². The molecule has 2 heterocycles. The van der Waals surface area contributed by atoms with Gasteiger partial charge in [0.2, 0.25) is 0 Å². The Labute approximate surface area is 67.3 Å². The van der Waals surface area contributed by atoms with E-state index < -0.39 is 12.3 Å². The van der Waals surface area contributed by atoms with E-state index in [4.69, 9.17) is 11.5 Å². The smallest absolute Gasteiger partial charge is 0.347 e. The van der Waals surface area contributed by atoms with E-state index in [1.54, 1.807) is 0 Å². The number of carbonyl (C=O) groups excluding carboxylic acids is 1. The van der Waals surface area contributed by atoms with E-state index >= 15 is 0 Å². The lowest BCUT2D eigenvalue weighted by molar-refractivity contribution is 0.254. The first-order chi connectivity index (χ1) is 5.66. The highest BCUT2D eigenvalue weighted by Crippen LogP contribution is 2.02. The summed E-state index contributed by atoms with van der Waals surface area (Å²) >= 11 is 0. The minimum atomic E-state index is -0.739. The van der Waals surface area contributed by atoms with Crippen molar-refractivity contribution in [1.29, 1.82) is 0 Å². The van der Waals surface area contributed by atoms with Gasteiger partial charge in [-0.3, -0.25) is 11.1 Å². The van der Waals surface area contributed by atoms with Crippen LogP contribution in [0.1, 0.15) is 0 Å². The number of nitrogens with zero attached hydrogens (tertiary/aromatic N) is 3. The van der Waals surface area contributed by atoms with Crippen molar-refractivity contribution in [2.45, 2.75) is 6.29 Å². The maximum Gasteiger partial charge on any atom is 0.347 e. The summed E-state index contributed by atoms with van der Waals surface area (Å²) in [4.78, 5) is 21.8. The summed E-state index contributed by atoms with van der Waals surface area (Å²) in [5, 5.41) is 2.38. The van der Waals surface area contributed by atoms with Crippen LogP contribution in [-0.4, -0.2) is 29.7 Å². The summed E-state index contributed by atoms with van der Waals surface area (Å²) in [6.07, 6.45) is -0.739. The topological polar surface area (TPSA) is 118 Å². The predicted octanol–water partition coefficient (Wildman–Crippen LogP) is -1.84. The van der Waals surface area contributed by atoms with Gasteiger partial charge in [0.1, 0.15) is 0 Å². The van der Waals surface area contributed by atoms with Crippen molar-refractivity contribution < 1.29 is 4.79 Å². The van der Waals surface area contributed by atoms with Crippen LogP contribution in [0.4, 0.5) is 4.79 Å². The Hall–Kier alpha value is -1.76. The SMILES string of the molecule is NC1=NC(N)N=C2NC(=O)N=C12. The molecule has 2 aliphatic rings. The maximum atomic E-state index is 10.7. The van der Waals surface area contributed by atoms with Gasteiger partial charge in [0, 0.05) is 0 Å². The molecule has 0 aromatic heterocycles. The Bertz CT molecular complexity index is 340. The molecular formula is C5H6N6O. The van der Waals surface area contributed by atoms with Gasteiger partial charge in [0.05, 0.1) is 0 Å². The standard InChI is InChI=1S/C5H6N6O/c6-2-1-3(10-4(7)9-2)11-5(12)8-1/h4H,7H2,(H2,6,9)(H,10,11,12). The summed E-state index contributed by atoms with van der Waals surface area (Å²) in [7, 11) is 0. The van der Waals surface area contributed by atoms with E-state index in [0.717, 1.165) is 0 Å². The van der Waals surface area contributed by atoms with Crippen LogP contribution in [0.2, 0.25) is 0 Å². The average Bonchev–Trinajstić information content (AvgIpc) is 2.29. The molecule has 1 unspecified atom stereocenters. The first-order valence-electron chi connectivity index (χ1n) is 3.24. The van der Waals surface area contributed by atoms with Gasteiger partial charge in [-0.1, -0.05) is 0 Å². The van der Waals surface area contributed by atoms with Gasteiger partial charge in [-0.05, 0) is 0 Å². The van der Waals surface area contributed by atoms with Crippen molar-refractivity contribution in [2.75, 3.05) is 0 Å². The van der Waals surface area contributed by atoms with Gasteiger partial charge >= 0.3 is 6.03 Å². The van der Waals surface area contributed by atoms with E-state index in [1.807, 2.05) is 0 Å². The van der Waals surface area contributed by atoms with Crippen LogP contribution in [0.5, 0.6) is 0 Å². The Kier molecular flexibility index (Phi) is 1.22. The zero-order chi connectivity index (χ0) is 8.72. The molecule has 12 heavy (non-hydrogen) atoms. The van der Waals surface area contributed by atoms with Crippen LogP contribution in [0.3, 0.4) is 0 Å². The summed E-state index contributed by atoms with van der Waals surface area (Å²) < 4.78 is 0. The van der Waals surface area contributed by atoms with E-state index in [0.29, 0.717) is 5.84 Å². The van der Waals surface area contributed by atoms with Crippen LogP contribution in [0.25, 0.3) is 0 Å². The summed E-state index contributed by atoms with van der Waals surface area (Å²) in [6.45, 7) is 0. The Balaban J connectivity index is 2.45. The van der Waals surface area contributed by atoms with Crippen LogP contribution in [-0.2, 0) is 0 Å². The normalized spacial score (nSPS) is 26.9. The maximum absolute atomic E-state index is 10.7. The molecule has 2 aliphatic heterocycles. The molecule has 0 aliphatic carbocycles. The van der Waals surface area contributed by atoms with Gasteiger partial charge in [-0.2, -0.15) is 4.99 Å². The van der Waals surface area contributed by atoms with Crippen LogP contribution < -0.4 is 16.8 Å². The Morgan fingerprint density at radius 3 is 2.92 bits per heavy atom. The van der Waals surface area contributed by atoms with Crippen molar-refractivity contribution in [3.63, 3.8) is 0 Å². The number of amides is 2. The number of aliphatic imine (C=N–C) groups is 3. The number of carbonyl (C=O) groups is 1. The molecule has 2 amide bonds. The lowest BCUT2D eigenvalue weighted by atomic mass is 10.3. The number of urea groups is 1. The zero-order valence-corrected chi connectivity index (χ0v) is 5.98. The second-order valence-electron chi connectivity index (χ2n) is 2.30. The van der Waals surface area contributed by atoms with Crippen molar-refractivity contribution >= 4 is 23.4 Å². The van der Waals surface area contributed by atoms with Gasteiger partial charge < -0.3 is 5.73 Å². The molecule has 0 aromatic rings. The fourth-order valence-corrected chi connectivity index (χ4v) is 0.980. The summed E-state index contributed by atoms with van der Waals surface area (Å²) in [6, 6.07) is -0.490. The van der Waals surface area contributed by atoms with Gasteiger partial charge in [0.15, 0.2) is 23.7 Å². The largest absolute Gasteiger partial charge is 0.382 e. The highest BCUT2D eigenvalue weighted by atomic mass is 16.2. The number of hydrogen-bond acceptors (Lipinski definition) is 5. The molecule has 7 nitrogen and oxygen atoms in total. The van der Waals surface area contributed by atoms with E-state index in [9.17, 15) is 4.79 Å². The van der Waals surface area contributed by atoms with E-state index in [-0.39, 0.29) is 11.5 Å². The van der Waals surface area contributed by atoms with Gasteiger partial charge in [-0.25, -0.2) is 14.8 Å². The molecule has 0 aromatic carbocycles. The first-order valence-corrected chi connectivity index (χ1v) is 3.24. The first kappa shape index (κ1) is 6.92. The van der Waals surface area contributed by atoms with Crippen LogP contribution >= 0.6 is 0 Å². The van der Waals surface area contributed by atoms with Crippen LogP contribution in [0, 0.1) is 0 Å². The van der Waals surface area contributed by atoms with Crippen molar-refractivity contribution in [3.8, 4) is 0 Å². The molecule has 62 valence electrons. The molecule has 0 bridgehead atoms. The number of nitrogens with two attached hydrogens (primary N) is 2. The second-order valence-corrected chi connectivity index (χ2v) is 2.30. The fourth-order valence-electron chi connectivity index (χ4n) is 0.980. The number of hydrogen-bond donors (Lipinski definition) is 3. The minimum Gasteiger partial charge on any atom is -0.382 e. The van der Waals surface area contributed by atoms with Crippen molar-refractivity contribution in [2.24, 2.45) is 26.4 Å². The van der Waals surface area contributed by atoms with E-state index in [2.05, 4.69) is 20.3 Å². The fraction of sp³-hybridized carbons (Fsp3) is 0.200. The zero-order valence-electron chi connectivity index (χ0n) is 5.98.